The molecular formula is C16H22N4. The van der Waals surface area contributed by atoms with Gasteiger partial charge in [-0.1, -0.05) is 17.7 Å². The van der Waals surface area contributed by atoms with E-state index in [-0.39, 0.29) is 6.04 Å². The van der Waals surface area contributed by atoms with Gasteiger partial charge >= 0.3 is 0 Å². The molecule has 0 spiro atoms. The molecule has 0 aromatic carbocycles. The Morgan fingerprint density at radius 2 is 2.30 bits per heavy atom. The number of pyridine rings is 1. The van der Waals surface area contributed by atoms with Crippen molar-refractivity contribution in [3.05, 3.63) is 54.0 Å². The number of aromatic nitrogens is 1. The quantitative estimate of drug-likeness (QED) is 0.658. The lowest BCUT2D eigenvalue weighted by Crippen LogP contribution is -2.45. The van der Waals surface area contributed by atoms with E-state index in [9.17, 15) is 0 Å². The standard InChI is InChI=1S/C16H22N4/c1-14(5-3-7-17-2)16(15-6-4-8-19-13-15)20-11-9-18-10-12-20/h3-8,13,16,18H,2,9-12H2,1H3/b7-3-,14-5+. The average molecular weight is 270 g/mol. The van der Waals surface area contributed by atoms with Gasteiger partial charge in [-0.2, -0.15) is 0 Å². The molecule has 1 fully saturated rings. The molecule has 1 aliphatic heterocycles. The van der Waals surface area contributed by atoms with Crippen LogP contribution in [0.2, 0.25) is 0 Å². The minimum absolute atomic E-state index is 0.278. The fourth-order valence-electron chi connectivity index (χ4n) is 2.59. The largest absolute Gasteiger partial charge is 0.314 e. The first kappa shape index (κ1) is 14.6. The van der Waals surface area contributed by atoms with Gasteiger partial charge in [-0.05, 0) is 31.3 Å². The molecule has 20 heavy (non-hydrogen) atoms. The van der Waals surface area contributed by atoms with Crippen molar-refractivity contribution in [3.8, 4) is 0 Å². The van der Waals surface area contributed by atoms with Crippen LogP contribution in [-0.2, 0) is 0 Å². The molecule has 106 valence electrons. The predicted octanol–water partition coefficient (Wildman–Crippen LogP) is 2.19. The lowest BCUT2D eigenvalue weighted by Gasteiger charge is -2.35. The maximum Gasteiger partial charge on any atom is 0.0577 e. The molecular weight excluding hydrogens is 248 g/mol. The van der Waals surface area contributed by atoms with Crippen LogP contribution in [0.25, 0.3) is 0 Å². The molecule has 0 aliphatic carbocycles. The second-order valence-electron chi connectivity index (χ2n) is 4.91. The van der Waals surface area contributed by atoms with E-state index in [4.69, 9.17) is 0 Å². The second kappa shape index (κ2) is 7.72. The van der Waals surface area contributed by atoms with Crippen molar-refractivity contribution in [2.45, 2.75) is 13.0 Å². The van der Waals surface area contributed by atoms with Crippen molar-refractivity contribution < 1.29 is 0 Å². The van der Waals surface area contributed by atoms with Crippen molar-refractivity contribution in [1.82, 2.24) is 15.2 Å². The molecule has 1 N–H and O–H groups in total. The first-order valence-electron chi connectivity index (χ1n) is 6.97. The molecule has 0 amide bonds. The lowest BCUT2D eigenvalue weighted by molar-refractivity contribution is 0.195. The minimum Gasteiger partial charge on any atom is -0.314 e. The molecule has 0 radical (unpaired) electrons. The van der Waals surface area contributed by atoms with E-state index in [1.165, 1.54) is 11.1 Å². The molecule has 4 heteroatoms. The summed E-state index contributed by atoms with van der Waals surface area (Å²) in [5.41, 5.74) is 2.53. The van der Waals surface area contributed by atoms with Crippen LogP contribution >= 0.6 is 0 Å². The highest BCUT2D eigenvalue weighted by atomic mass is 15.2. The van der Waals surface area contributed by atoms with Gasteiger partial charge < -0.3 is 5.32 Å². The van der Waals surface area contributed by atoms with E-state index in [2.05, 4.69) is 46.0 Å². The highest BCUT2D eigenvalue weighted by Gasteiger charge is 2.23. The molecule has 1 unspecified atom stereocenters. The first-order chi connectivity index (χ1) is 9.83. The van der Waals surface area contributed by atoms with Gasteiger partial charge in [-0.15, -0.1) is 0 Å². The van der Waals surface area contributed by atoms with Gasteiger partial charge in [0.25, 0.3) is 0 Å². The zero-order valence-corrected chi connectivity index (χ0v) is 12.0. The summed E-state index contributed by atoms with van der Waals surface area (Å²) in [6, 6.07) is 4.42. The Morgan fingerprint density at radius 1 is 1.50 bits per heavy atom. The fourth-order valence-corrected chi connectivity index (χ4v) is 2.59. The predicted molar refractivity (Wildman–Crippen MR) is 83.9 cm³/mol. The number of nitrogens with one attached hydrogen (secondary N) is 1. The topological polar surface area (TPSA) is 40.5 Å². The van der Waals surface area contributed by atoms with Gasteiger partial charge in [-0.25, -0.2) is 0 Å². The molecule has 2 rings (SSSR count). The van der Waals surface area contributed by atoms with Crippen LogP contribution in [0.15, 0.2) is 53.4 Å². The molecule has 4 nitrogen and oxygen atoms in total. The SMILES string of the molecule is C=N/C=C\C=C(/C)C(c1cccnc1)N1CCNCC1. The highest BCUT2D eigenvalue weighted by molar-refractivity contribution is 5.29. The second-order valence-corrected chi connectivity index (χ2v) is 4.91. The lowest BCUT2D eigenvalue weighted by atomic mass is 9.98. The number of hydrogen-bond acceptors (Lipinski definition) is 4. The van der Waals surface area contributed by atoms with E-state index in [1.54, 1.807) is 6.20 Å². The molecule has 0 bridgehead atoms. The zero-order chi connectivity index (χ0) is 14.2. The van der Waals surface area contributed by atoms with Crippen molar-refractivity contribution in [3.63, 3.8) is 0 Å². The third-order valence-corrected chi connectivity index (χ3v) is 3.50. The molecule has 0 saturated carbocycles. The van der Waals surface area contributed by atoms with Gasteiger partial charge in [0.2, 0.25) is 0 Å². The Hall–Kier alpha value is -1.78. The summed E-state index contributed by atoms with van der Waals surface area (Å²) in [4.78, 5) is 10.5. The maximum absolute atomic E-state index is 4.26. The number of piperazine rings is 1. The number of allylic oxidation sites excluding steroid dienone is 2. The Kier molecular flexibility index (Phi) is 5.65. The Bertz CT molecular complexity index is 473. The molecule has 1 aromatic heterocycles. The van der Waals surface area contributed by atoms with Crippen LogP contribution in [-0.4, -0.2) is 42.8 Å². The molecule has 2 heterocycles. The molecule has 1 atom stereocenters. The molecule has 1 saturated heterocycles. The van der Waals surface area contributed by atoms with Crippen LogP contribution in [0, 0.1) is 0 Å². The van der Waals surface area contributed by atoms with Crippen LogP contribution < -0.4 is 5.32 Å². The van der Waals surface area contributed by atoms with E-state index >= 15 is 0 Å². The van der Waals surface area contributed by atoms with E-state index in [0.29, 0.717) is 0 Å². The van der Waals surface area contributed by atoms with Gasteiger partial charge in [0.15, 0.2) is 0 Å². The van der Waals surface area contributed by atoms with Crippen LogP contribution in [0.3, 0.4) is 0 Å². The number of aliphatic imine (C=N–C) groups is 1. The normalized spacial score (nSPS) is 19.1. The van der Waals surface area contributed by atoms with Gasteiger partial charge in [0.05, 0.1) is 6.04 Å². The number of hydrogen-bond donors (Lipinski definition) is 1. The average Bonchev–Trinajstić information content (AvgIpc) is 2.50. The third kappa shape index (κ3) is 3.85. The first-order valence-corrected chi connectivity index (χ1v) is 6.97. The maximum atomic E-state index is 4.26. The summed E-state index contributed by atoms with van der Waals surface area (Å²) < 4.78 is 0. The van der Waals surface area contributed by atoms with Gasteiger partial charge in [0, 0.05) is 44.8 Å². The van der Waals surface area contributed by atoms with Gasteiger partial charge in [0.1, 0.15) is 0 Å². The highest BCUT2D eigenvalue weighted by Crippen LogP contribution is 2.28. The Labute approximate surface area is 120 Å². The smallest absolute Gasteiger partial charge is 0.0577 e. The Morgan fingerprint density at radius 3 is 2.95 bits per heavy atom. The summed E-state index contributed by atoms with van der Waals surface area (Å²) in [5, 5.41) is 3.40. The fraction of sp³-hybridized carbons (Fsp3) is 0.375. The summed E-state index contributed by atoms with van der Waals surface area (Å²) >= 11 is 0. The molecule has 1 aliphatic rings. The van der Waals surface area contributed by atoms with Crippen molar-refractivity contribution in [2.24, 2.45) is 4.99 Å². The molecule has 1 aromatic rings. The zero-order valence-electron chi connectivity index (χ0n) is 12.0. The summed E-state index contributed by atoms with van der Waals surface area (Å²) in [6.07, 6.45) is 9.53. The Balaban J connectivity index is 2.25. The van der Waals surface area contributed by atoms with E-state index < -0.39 is 0 Å². The van der Waals surface area contributed by atoms with Crippen LogP contribution in [0.1, 0.15) is 18.5 Å². The van der Waals surface area contributed by atoms with Crippen LogP contribution in [0.4, 0.5) is 0 Å². The summed E-state index contributed by atoms with van der Waals surface area (Å²) in [5.74, 6) is 0. The van der Waals surface area contributed by atoms with E-state index in [0.717, 1.165) is 26.2 Å². The monoisotopic (exact) mass is 270 g/mol. The van der Waals surface area contributed by atoms with Crippen molar-refractivity contribution in [1.29, 1.82) is 0 Å². The van der Waals surface area contributed by atoms with E-state index in [1.807, 2.05) is 24.5 Å². The summed E-state index contributed by atoms with van der Waals surface area (Å²) in [7, 11) is 0. The number of nitrogens with zero attached hydrogens (tertiary/aromatic N) is 3. The third-order valence-electron chi connectivity index (χ3n) is 3.50. The summed E-state index contributed by atoms with van der Waals surface area (Å²) in [6.45, 7) is 9.79. The van der Waals surface area contributed by atoms with Crippen molar-refractivity contribution in [2.75, 3.05) is 26.2 Å². The van der Waals surface area contributed by atoms with Crippen LogP contribution in [0.5, 0.6) is 0 Å². The number of rotatable bonds is 5. The van der Waals surface area contributed by atoms with Crippen molar-refractivity contribution >= 4 is 6.72 Å². The minimum atomic E-state index is 0.278. The van der Waals surface area contributed by atoms with Gasteiger partial charge in [-0.3, -0.25) is 14.9 Å².